The summed E-state index contributed by atoms with van der Waals surface area (Å²) in [5, 5.41) is 9.71. The Bertz CT molecular complexity index is 991. The topological polar surface area (TPSA) is 49.8 Å². The molecule has 3 aromatic rings. The number of carbonyl (C=O) groups is 1. The molecule has 0 saturated carbocycles. The number of hydrogen-bond acceptors (Lipinski definition) is 3. The van der Waals surface area contributed by atoms with Crippen molar-refractivity contribution in [1.82, 2.24) is 4.90 Å². The highest BCUT2D eigenvalue weighted by molar-refractivity contribution is 5.74. The molecule has 1 saturated heterocycles. The Morgan fingerprint density at radius 2 is 1.80 bits per heavy atom. The van der Waals surface area contributed by atoms with Crippen molar-refractivity contribution in [2.45, 2.75) is 31.5 Å². The molecule has 3 aromatic carbocycles. The van der Waals surface area contributed by atoms with Crippen LogP contribution >= 0.6 is 0 Å². The van der Waals surface area contributed by atoms with Crippen molar-refractivity contribution in [1.29, 1.82) is 0 Å². The van der Waals surface area contributed by atoms with E-state index in [0.717, 1.165) is 28.9 Å². The standard InChI is InChI=1S/C25H24FNO3/c26-21-13-11-19(12-14-21)24(27-15-5-10-23(27)25(28)29)20-8-4-9-22(16-20)30-17-18-6-2-1-3-7-18/h1-4,6-9,11-14,16,23-24H,5,10,15,17H2,(H,28,29). The quantitative estimate of drug-likeness (QED) is 0.598. The van der Waals surface area contributed by atoms with Crippen LogP contribution in [0.5, 0.6) is 5.75 Å². The van der Waals surface area contributed by atoms with Crippen molar-refractivity contribution in [3.05, 3.63) is 101 Å². The summed E-state index contributed by atoms with van der Waals surface area (Å²) < 4.78 is 19.5. The molecule has 0 radical (unpaired) electrons. The predicted octanol–water partition coefficient (Wildman–Crippen LogP) is 5.04. The van der Waals surface area contributed by atoms with Gasteiger partial charge in [-0.15, -0.1) is 0 Å². The van der Waals surface area contributed by atoms with E-state index in [1.807, 2.05) is 59.5 Å². The van der Waals surface area contributed by atoms with Crippen LogP contribution in [0.2, 0.25) is 0 Å². The van der Waals surface area contributed by atoms with Crippen molar-refractivity contribution >= 4 is 5.97 Å². The summed E-state index contributed by atoms with van der Waals surface area (Å²) in [6.07, 6.45) is 1.43. The molecule has 2 atom stereocenters. The van der Waals surface area contributed by atoms with Gasteiger partial charge in [0, 0.05) is 6.54 Å². The number of halogens is 1. The minimum atomic E-state index is -0.823. The number of aliphatic carboxylic acids is 1. The fraction of sp³-hybridized carbons (Fsp3) is 0.240. The zero-order chi connectivity index (χ0) is 20.9. The molecule has 0 amide bonds. The summed E-state index contributed by atoms with van der Waals surface area (Å²) >= 11 is 0. The summed E-state index contributed by atoms with van der Waals surface area (Å²) in [4.78, 5) is 13.8. The second-order valence-electron chi connectivity index (χ2n) is 7.53. The Kier molecular flexibility index (Phi) is 6.10. The first-order valence-electron chi connectivity index (χ1n) is 10.1. The van der Waals surface area contributed by atoms with Gasteiger partial charge in [0.25, 0.3) is 0 Å². The Balaban J connectivity index is 1.65. The van der Waals surface area contributed by atoms with Crippen molar-refractivity contribution < 1.29 is 19.0 Å². The Morgan fingerprint density at radius 1 is 1.03 bits per heavy atom. The fourth-order valence-electron chi connectivity index (χ4n) is 4.10. The highest BCUT2D eigenvalue weighted by Gasteiger charge is 2.36. The monoisotopic (exact) mass is 405 g/mol. The van der Waals surface area contributed by atoms with Crippen LogP contribution in [0.25, 0.3) is 0 Å². The molecule has 4 nitrogen and oxygen atoms in total. The fourth-order valence-corrected chi connectivity index (χ4v) is 4.10. The molecule has 0 spiro atoms. The summed E-state index contributed by atoms with van der Waals surface area (Å²) in [6, 6.07) is 23.1. The third kappa shape index (κ3) is 4.52. The number of nitrogens with zero attached hydrogens (tertiary/aromatic N) is 1. The average Bonchev–Trinajstić information content (AvgIpc) is 3.25. The van der Waals surface area contributed by atoms with Gasteiger partial charge in [-0.05, 0) is 53.8 Å². The van der Waals surface area contributed by atoms with Gasteiger partial charge < -0.3 is 9.84 Å². The Hall–Kier alpha value is -3.18. The zero-order valence-electron chi connectivity index (χ0n) is 16.6. The average molecular weight is 405 g/mol. The second kappa shape index (κ2) is 9.09. The van der Waals surface area contributed by atoms with Crippen LogP contribution in [0.15, 0.2) is 78.9 Å². The summed E-state index contributed by atoms with van der Waals surface area (Å²) in [7, 11) is 0. The molecule has 2 unspecified atom stereocenters. The Labute approximate surface area is 175 Å². The van der Waals surface area contributed by atoms with Gasteiger partial charge in [-0.3, -0.25) is 9.69 Å². The van der Waals surface area contributed by atoms with E-state index in [0.29, 0.717) is 19.6 Å². The summed E-state index contributed by atoms with van der Waals surface area (Å²) in [5.41, 5.74) is 2.87. The van der Waals surface area contributed by atoms with Crippen LogP contribution in [-0.4, -0.2) is 28.6 Å². The molecule has 1 N–H and O–H groups in total. The number of carboxylic acid groups (broad SMARTS) is 1. The van der Waals surface area contributed by atoms with Crippen LogP contribution in [0.3, 0.4) is 0 Å². The normalized spacial score (nSPS) is 17.6. The predicted molar refractivity (Wildman–Crippen MR) is 113 cm³/mol. The van der Waals surface area contributed by atoms with Gasteiger partial charge in [-0.2, -0.15) is 0 Å². The van der Waals surface area contributed by atoms with Crippen LogP contribution in [0.4, 0.5) is 4.39 Å². The third-order valence-corrected chi connectivity index (χ3v) is 5.52. The van der Waals surface area contributed by atoms with Crippen molar-refractivity contribution in [3.63, 3.8) is 0 Å². The molecule has 0 aliphatic carbocycles. The molecule has 0 aromatic heterocycles. The number of hydrogen-bond donors (Lipinski definition) is 1. The largest absolute Gasteiger partial charge is 0.489 e. The van der Waals surface area contributed by atoms with Crippen molar-refractivity contribution in [3.8, 4) is 5.75 Å². The van der Waals surface area contributed by atoms with E-state index in [9.17, 15) is 14.3 Å². The highest BCUT2D eigenvalue weighted by Crippen LogP contribution is 2.36. The maximum atomic E-state index is 13.5. The molecule has 0 bridgehead atoms. The van der Waals surface area contributed by atoms with E-state index in [1.54, 1.807) is 12.1 Å². The summed E-state index contributed by atoms with van der Waals surface area (Å²) in [6.45, 7) is 1.13. The Morgan fingerprint density at radius 3 is 2.53 bits per heavy atom. The minimum Gasteiger partial charge on any atom is -0.489 e. The first kappa shape index (κ1) is 20.1. The molecule has 1 aliphatic rings. The molecule has 5 heteroatoms. The first-order chi connectivity index (χ1) is 14.6. The van der Waals surface area contributed by atoms with Gasteiger partial charge >= 0.3 is 5.97 Å². The molecule has 30 heavy (non-hydrogen) atoms. The van der Waals surface area contributed by atoms with E-state index in [2.05, 4.69) is 0 Å². The third-order valence-electron chi connectivity index (χ3n) is 5.52. The zero-order valence-corrected chi connectivity index (χ0v) is 16.6. The summed E-state index contributed by atoms with van der Waals surface area (Å²) in [5.74, 6) is -0.417. The number of likely N-dealkylation sites (tertiary alicyclic amines) is 1. The van der Waals surface area contributed by atoms with Crippen LogP contribution in [0.1, 0.15) is 35.6 Å². The van der Waals surface area contributed by atoms with E-state index in [4.69, 9.17) is 4.74 Å². The highest BCUT2D eigenvalue weighted by atomic mass is 19.1. The van der Waals surface area contributed by atoms with E-state index < -0.39 is 12.0 Å². The lowest BCUT2D eigenvalue weighted by Gasteiger charge is -2.32. The lowest BCUT2D eigenvalue weighted by atomic mass is 9.96. The van der Waals surface area contributed by atoms with Crippen molar-refractivity contribution in [2.75, 3.05) is 6.54 Å². The lowest BCUT2D eigenvalue weighted by molar-refractivity contribution is -0.142. The number of ether oxygens (including phenoxy) is 1. The van der Waals surface area contributed by atoms with Crippen LogP contribution in [-0.2, 0) is 11.4 Å². The SMILES string of the molecule is O=C(O)C1CCCN1C(c1ccc(F)cc1)c1cccc(OCc2ccccc2)c1. The van der Waals surface area contributed by atoms with Gasteiger partial charge in [-0.25, -0.2) is 4.39 Å². The number of benzene rings is 3. The van der Waals surface area contributed by atoms with Gasteiger partial charge in [0.1, 0.15) is 24.2 Å². The van der Waals surface area contributed by atoms with Crippen LogP contribution in [0, 0.1) is 5.82 Å². The smallest absolute Gasteiger partial charge is 0.320 e. The van der Waals surface area contributed by atoms with Gasteiger partial charge in [0.2, 0.25) is 0 Å². The number of carboxylic acids is 1. The minimum absolute atomic E-state index is 0.283. The lowest BCUT2D eigenvalue weighted by Crippen LogP contribution is -2.39. The maximum absolute atomic E-state index is 13.5. The first-order valence-corrected chi connectivity index (χ1v) is 10.1. The molecule has 1 heterocycles. The molecule has 1 fully saturated rings. The van der Waals surface area contributed by atoms with Gasteiger partial charge in [-0.1, -0.05) is 54.6 Å². The second-order valence-corrected chi connectivity index (χ2v) is 7.53. The van der Waals surface area contributed by atoms with Crippen molar-refractivity contribution in [2.24, 2.45) is 0 Å². The molecular formula is C25H24FNO3. The number of rotatable bonds is 7. The van der Waals surface area contributed by atoms with Crippen LogP contribution < -0.4 is 4.74 Å². The molecule has 154 valence electrons. The van der Waals surface area contributed by atoms with E-state index in [-0.39, 0.29) is 11.9 Å². The van der Waals surface area contributed by atoms with Gasteiger partial charge in [0.15, 0.2) is 0 Å². The molecule has 1 aliphatic heterocycles. The molecular weight excluding hydrogens is 381 g/mol. The van der Waals surface area contributed by atoms with E-state index in [1.165, 1.54) is 12.1 Å². The van der Waals surface area contributed by atoms with E-state index >= 15 is 0 Å². The van der Waals surface area contributed by atoms with Gasteiger partial charge in [0.05, 0.1) is 6.04 Å². The maximum Gasteiger partial charge on any atom is 0.320 e. The molecule has 4 rings (SSSR count).